The highest BCUT2D eigenvalue weighted by atomic mass is 16.3. The Balaban J connectivity index is 1.98. The van der Waals surface area contributed by atoms with Gasteiger partial charge in [-0.1, -0.05) is 54.6 Å². The van der Waals surface area contributed by atoms with Crippen molar-refractivity contribution >= 4 is 0 Å². The predicted molar refractivity (Wildman–Crippen MR) is 88.2 cm³/mol. The van der Waals surface area contributed by atoms with E-state index in [0.29, 0.717) is 0 Å². The largest absolute Gasteiger partial charge is 0.508 e. The van der Waals surface area contributed by atoms with Gasteiger partial charge in [-0.25, -0.2) is 0 Å². The Morgan fingerprint density at radius 2 is 1.32 bits per heavy atom. The third-order valence-corrected chi connectivity index (χ3v) is 3.85. The standard InChI is InChI=1S/C20H18O2/c21-18-11-9-15(10-12-18)13-20(16-5-2-1-3-6-16)17-7-4-8-19(22)14-17/h1-12,14,20-22H,13H2. The Kier molecular flexibility index (Phi) is 4.10. The van der Waals surface area contributed by atoms with E-state index in [1.807, 2.05) is 48.5 Å². The normalized spacial score (nSPS) is 12.0. The number of rotatable bonds is 4. The molecule has 0 bridgehead atoms. The van der Waals surface area contributed by atoms with Gasteiger partial charge >= 0.3 is 0 Å². The lowest BCUT2D eigenvalue weighted by atomic mass is 9.86. The summed E-state index contributed by atoms with van der Waals surface area (Å²) in [6.45, 7) is 0. The van der Waals surface area contributed by atoms with Crippen LogP contribution in [0.15, 0.2) is 78.9 Å². The molecule has 110 valence electrons. The molecule has 3 aromatic rings. The smallest absolute Gasteiger partial charge is 0.115 e. The fraction of sp³-hybridized carbons (Fsp3) is 0.100. The molecule has 22 heavy (non-hydrogen) atoms. The molecule has 2 N–H and O–H groups in total. The molecule has 2 nitrogen and oxygen atoms in total. The molecule has 0 heterocycles. The molecule has 0 amide bonds. The summed E-state index contributed by atoms with van der Waals surface area (Å²) in [5.74, 6) is 0.722. The van der Waals surface area contributed by atoms with Crippen LogP contribution in [0.25, 0.3) is 0 Å². The van der Waals surface area contributed by atoms with Crippen molar-refractivity contribution in [2.45, 2.75) is 12.3 Å². The van der Waals surface area contributed by atoms with Crippen LogP contribution in [0.1, 0.15) is 22.6 Å². The van der Waals surface area contributed by atoms with Gasteiger partial charge in [0.25, 0.3) is 0 Å². The minimum absolute atomic E-state index is 0.165. The quantitative estimate of drug-likeness (QED) is 0.744. The minimum Gasteiger partial charge on any atom is -0.508 e. The van der Waals surface area contributed by atoms with E-state index in [-0.39, 0.29) is 17.4 Å². The molecule has 0 fully saturated rings. The van der Waals surface area contributed by atoms with Crippen molar-refractivity contribution in [2.75, 3.05) is 0 Å². The third-order valence-electron chi connectivity index (χ3n) is 3.85. The van der Waals surface area contributed by atoms with Crippen molar-refractivity contribution in [3.05, 3.63) is 95.6 Å². The van der Waals surface area contributed by atoms with E-state index < -0.39 is 0 Å². The lowest BCUT2D eigenvalue weighted by Gasteiger charge is -2.18. The Labute approximate surface area is 130 Å². The van der Waals surface area contributed by atoms with Crippen LogP contribution >= 0.6 is 0 Å². The molecule has 0 saturated heterocycles. The number of benzene rings is 3. The van der Waals surface area contributed by atoms with Gasteiger partial charge in [-0.05, 0) is 47.4 Å². The molecule has 0 aliphatic carbocycles. The number of aromatic hydroxyl groups is 2. The summed E-state index contributed by atoms with van der Waals surface area (Å²) < 4.78 is 0. The second kappa shape index (κ2) is 6.35. The van der Waals surface area contributed by atoms with Gasteiger partial charge in [0.15, 0.2) is 0 Å². The van der Waals surface area contributed by atoms with Crippen LogP contribution in [0.4, 0.5) is 0 Å². The lowest BCUT2D eigenvalue weighted by Crippen LogP contribution is -2.05. The predicted octanol–water partition coefficient (Wildman–Crippen LogP) is 4.47. The number of phenolic OH excluding ortho intramolecular Hbond substituents is 2. The van der Waals surface area contributed by atoms with Gasteiger partial charge in [0.05, 0.1) is 0 Å². The van der Waals surface area contributed by atoms with Crippen molar-refractivity contribution in [3.8, 4) is 11.5 Å². The van der Waals surface area contributed by atoms with E-state index in [9.17, 15) is 10.2 Å². The van der Waals surface area contributed by atoms with Gasteiger partial charge in [-0.2, -0.15) is 0 Å². The SMILES string of the molecule is Oc1ccc(CC(c2ccccc2)c2cccc(O)c2)cc1. The fourth-order valence-electron chi connectivity index (χ4n) is 2.72. The zero-order chi connectivity index (χ0) is 15.4. The maximum Gasteiger partial charge on any atom is 0.115 e. The number of hydrogen-bond acceptors (Lipinski definition) is 2. The number of hydrogen-bond donors (Lipinski definition) is 2. The molecule has 1 atom stereocenters. The summed E-state index contributed by atoms with van der Waals surface area (Å²) in [5, 5.41) is 19.2. The molecular formula is C20H18O2. The molecular weight excluding hydrogens is 272 g/mol. The fourth-order valence-corrected chi connectivity index (χ4v) is 2.72. The van der Waals surface area contributed by atoms with E-state index in [0.717, 1.165) is 17.5 Å². The average Bonchev–Trinajstić information content (AvgIpc) is 2.55. The first-order valence-corrected chi connectivity index (χ1v) is 7.34. The van der Waals surface area contributed by atoms with Crippen LogP contribution in [0, 0.1) is 0 Å². The van der Waals surface area contributed by atoms with E-state index in [4.69, 9.17) is 0 Å². The highest BCUT2D eigenvalue weighted by Crippen LogP contribution is 2.30. The van der Waals surface area contributed by atoms with E-state index in [2.05, 4.69) is 12.1 Å². The first-order chi connectivity index (χ1) is 10.7. The van der Waals surface area contributed by atoms with Gasteiger partial charge in [-0.15, -0.1) is 0 Å². The van der Waals surface area contributed by atoms with Crippen LogP contribution in [-0.4, -0.2) is 10.2 Å². The van der Waals surface area contributed by atoms with Crippen molar-refractivity contribution < 1.29 is 10.2 Å². The van der Waals surface area contributed by atoms with Crippen molar-refractivity contribution in [2.24, 2.45) is 0 Å². The highest BCUT2D eigenvalue weighted by Gasteiger charge is 2.15. The van der Waals surface area contributed by atoms with Gasteiger partial charge in [-0.3, -0.25) is 0 Å². The maximum absolute atomic E-state index is 9.78. The van der Waals surface area contributed by atoms with Gasteiger partial charge in [0.1, 0.15) is 11.5 Å². The summed E-state index contributed by atoms with van der Waals surface area (Å²) in [4.78, 5) is 0. The van der Waals surface area contributed by atoms with Crippen LogP contribution in [0.2, 0.25) is 0 Å². The Hall–Kier alpha value is -2.74. The topological polar surface area (TPSA) is 40.5 Å². The molecule has 3 rings (SSSR count). The highest BCUT2D eigenvalue weighted by molar-refractivity contribution is 5.39. The summed E-state index contributed by atoms with van der Waals surface area (Å²) >= 11 is 0. The molecule has 2 heteroatoms. The summed E-state index contributed by atoms with van der Waals surface area (Å²) in [6, 6.07) is 25.0. The zero-order valence-corrected chi connectivity index (χ0v) is 12.2. The van der Waals surface area contributed by atoms with Crippen LogP contribution in [0.5, 0.6) is 11.5 Å². The average molecular weight is 290 g/mol. The molecule has 0 radical (unpaired) electrons. The van der Waals surface area contributed by atoms with E-state index in [1.165, 1.54) is 5.56 Å². The van der Waals surface area contributed by atoms with Crippen LogP contribution < -0.4 is 0 Å². The first kappa shape index (κ1) is 14.2. The maximum atomic E-state index is 9.78. The lowest BCUT2D eigenvalue weighted by molar-refractivity contribution is 0.474. The molecule has 0 saturated carbocycles. The Bertz CT molecular complexity index is 733. The van der Waals surface area contributed by atoms with Crippen LogP contribution in [-0.2, 0) is 6.42 Å². The van der Waals surface area contributed by atoms with Crippen molar-refractivity contribution in [3.63, 3.8) is 0 Å². The Morgan fingerprint density at radius 3 is 2.00 bits per heavy atom. The van der Waals surface area contributed by atoms with Gasteiger partial charge in [0.2, 0.25) is 0 Å². The summed E-state index contributed by atoms with van der Waals surface area (Å²) in [5.41, 5.74) is 3.44. The minimum atomic E-state index is 0.165. The summed E-state index contributed by atoms with van der Waals surface area (Å²) in [7, 11) is 0. The Morgan fingerprint density at radius 1 is 0.636 bits per heavy atom. The van der Waals surface area contributed by atoms with E-state index >= 15 is 0 Å². The molecule has 0 aromatic heterocycles. The second-order valence-electron chi connectivity index (χ2n) is 5.43. The summed E-state index contributed by atoms with van der Waals surface area (Å²) in [6.07, 6.45) is 0.813. The first-order valence-electron chi connectivity index (χ1n) is 7.34. The second-order valence-corrected chi connectivity index (χ2v) is 5.43. The third kappa shape index (κ3) is 3.29. The molecule has 1 unspecified atom stereocenters. The molecule has 0 aliphatic heterocycles. The van der Waals surface area contributed by atoms with Crippen LogP contribution in [0.3, 0.4) is 0 Å². The van der Waals surface area contributed by atoms with Gasteiger partial charge in [0, 0.05) is 5.92 Å². The van der Waals surface area contributed by atoms with E-state index in [1.54, 1.807) is 18.2 Å². The monoisotopic (exact) mass is 290 g/mol. The van der Waals surface area contributed by atoms with Crippen molar-refractivity contribution in [1.29, 1.82) is 0 Å². The molecule has 3 aromatic carbocycles. The molecule has 0 spiro atoms. The van der Waals surface area contributed by atoms with Crippen molar-refractivity contribution in [1.82, 2.24) is 0 Å². The zero-order valence-electron chi connectivity index (χ0n) is 12.2. The number of phenols is 2. The van der Waals surface area contributed by atoms with Gasteiger partial charge < -0.3 is 10.2 Å². The molecule has 0 aliphatic rings.